The summed E-state index contributed by atoms with van der Waals surface area (Å²) in [6.07, 6.45) is 0.523. The van der Waals surface area contributed by atoms with Gasteiger partial charge in [-0.1, -0.05) is 20.8 Å². The lowest BCUT2D eigenvalue weighted by Crippen LogP contribution is -2.51. The predicted molar refractivity (Wildman–Crippen MR) is 44.3 cm³/mol. The van der Waals surface area contributed by atoms with Gasteiger partial charge in [0.25, 0.3) is 0 Å². The van der Waals surface area contributed by atoms with Crippen molar-refractivity contribution in [3.63, 3.8) is 0 Å². The molecule has 2 nitrogen and oxygen atoms in total. The average molecular weight is 145 g/mol. The molecule has 1 rings (SSSR count). The van der Waals surface area contributed by atoms with Crippen molar-refractivity contribution >= 4 is 0 Å². The van der Waals surface area contributed by atoms with Crippen LogP contribution in [0.2, 0.25) is 0 Å². The van der Waals surface area contributed by atoms with Crippen molar-refractivity contribution in [3.8, 4) is 0 Å². The minimum atomic E-state index is 0.523. The highest BCUT2D eigenvalue weighted by Gasteiger charge is 2.23. The summed E-state index contributed by atoms with van der Waals surface area (Å²) < 4.78 is 5.08. The lowest BCUT2D eigenvalue weighted by Gasteiger charge is -2.37. The molecule has 0 bridgehead atoms. The Morgan fingerprint density at radius 2 is 1.90 bits per heavy atom. The van der Waals surface area contributed by atoms with Crippen LogP contribution in [0.3, 0.4) is 0 Å². The van der Waals surface area contributed by atoms with Gasteiger partial charge in [-0.2, -0.15) is 0 Å². The minimum Gasteiger partial charge on any atom is -0.379 e. The molecule has 10 heavy (non-hydrogen) atoms. The fourth-order valence-corrected chi connectivity index (χ4v) is 0.930. The van der Waals surface area contributed by atoms with Crippen LogP contribution >= 0.6 is 0 Å². The number of ether oxygens (including phenoxy) is 1. The molecular weight excluding hydrogens is 126 g/mol. The molecule has 0 unspecified atom stereocenters. The average Bonchev–Trinajstić information content (AvgIpc) is 1.91. The van der Waals surface area contributed by atoms with Crippen LogP contribution in [0.4, 0.5) is 0 Å². The molecule has 0 spiro atoms. The van der Waals surface area contributed by atoms with Crippen LogP contribution in [-0.4, -0.2) is 37.7 Å². The van der Waals surface area contributed by atoms with Crippen molar-refractivity contribution in [1.29, 1.82) is 0 Å². The van der Waals surface area contributed by atoms with Crippen LogP contribution in [0.15, 0.2) is 0 Å². The normalized spacial score (nSPS) is 19.2. The van der Waals surface area contributed by atoms with Crippen molar-refractivity contribution in [2.24, 2.45) is 0 Å². The molecule has 1 aliphatic heterocycles. The van der Waals surface area contributed by atoms with Gasteiger partial charge in [-0.15, -0.1) is 0 Å². The summed E-state index contributed by atoms with van der Waals surface area (Å²) in [6.45, 7) is 9.60. The Hall–Kier alpha value is -0.0800. The highest BCUT2D eigenvalue weighted by Crippen LogP contribution is 2.08. The van der Waals surface area contributed by atoms with Crippen molar-refractivity contribution < 1.29 is 4.74 Å². The first-order valence-corrected chi connectivity index (χ1v) is 4.12. The lowest BCUT2D eigenvalue weighted by molar-refractivity contribution is -0.0264. The van der Waals surface area contributed by atoms with Gasteiger partial charge in [-0.05, 0) is 6.54 Å². The lowest BCUT2D eigenvalue weighted by atomic mass is 10.2. The Balaban J connectivity index is 0.000000371. The quantitative estimate of drug-likeness (QED) is 0.582. The molecule has 62 valence electrons. The maximum Gasteiger partial charge on any atom is 0.0824 e. The van der Waals surface area contributed by atoms with Gasteiger partial charge in [-0.3, -0.25) is 4.90 Å². The van der Waals surface area contributed by atoms with Gasteiger partial charge in [0.05, 0.1) is 6.10 Å². The number of rotatable bonds is 2. The summed E-state index contributed by atoms with van der Waals surface area (Å²) in [5.74, 6) is 0. The van der Waals surface area contributed by atoms with E-state index < -0.39 is 0 Å². The first kappa shape index (κ1) is 9.92. The zero-order chi connectivity index (χ0) is 7.98. The van der Waals surface area contributed by atoms with Crippen LogP contribution in [0.25, 0.3) is 0 Å². The number of hydrogen-bond acceptors (Lipinski definition) is 2. The summed E-state index contributed by atoms with van der Waals surface area (Å²) in [4.78, 5) is 2.36. The van der Waals surface area contributed by atoms with E-state index in [1.54, 1.807) is 7.11 Å². The molecule has 1 aliphatic rings. The highest BCUT2D eigenvalue weighted by molar-refractivity contribution is 4.78. The molecular formula is C8H19NO. The SMILES string of the molecule is CC.CCN1CC(OC)C1. The molecule has 0 N–H and O–H groups in total. The molecule has 1 saturated heterocycles. The van der Waals surface area contributed by atoms with Gasteiger partial charge < -0.3 is 4.74 Å². The topological polar surface area (TPSA) is 12.5 Å². The molecule has 0 aromatic heterocycles. The Morgan fingerprint density at radius 3 is 2.20 bits per heavy atom. The molecule has 0 aromatic carbocycles. The van der Waals surface area contributed by atoms with Gasteiger partial charge in [0.2, 0.25) is 0 Å². The summed E-state index contributed by atoms with van der Waals surface area (Å²) in [5.41, 5.74) is 0. The zero-order valence-corrected chi connectivity index (χ0v) is 7.55. The highest BCUT2D eigenvalue weighted by atomic mass is 16.5. The van der Waals surface area contributed by atoms with Gasteiger partial charge in [0.15, 0.2) is 0 Å². The van der Waals surface area contributed by atoms with E-state index in [2.05, 4.69) is 11.8 Å². The largest absolute Gasteiger partial charge is 0.379 e. The van der Waals surface area contributed by atoms with Crippen molar-refractivity contribution in [3.05, 3.63) is 0 Å². The third-order valence-corrected chi connectivity index (χ3v) is 1.70. The van der Waals surface area contributed by atoms with Crippen LogP contribution in [0, 0.1) is 0 Å². The number of likely N-dealkylation sites (N-methyl/N-ethyl adjacent to an activating group) is 1. The predicted octanol–water partition coefficient (Wildman–Crippen LogP) is 1.36. The van der Waals surface area contributed by atoms with Crippen molar-refractivity contribution in [2.75, 3.05) is 26.7 Å². The van der Waals surface area contributed by atoms with E-state index in [0.717, 1.165) is 13.1 Å². The summed E-state index contributed by atoms with van der Waals surface area (Å²) in [7, 11) is 1.78. The van der Waals surface area contributed by atoms with E-state index in [1.165, 1.54) is 6.54 Å². The van der Waals surface area contributed by atoms with E-state index in [1.807, 2.05) is 13.8 Å². The Kier molecular flexibility index (Phi) is 5.64. The van der Waals surface area contributed by atoms with Crippen LogP contribution < -0.4 is 0 Å². The van der Waals surface area contributed by atoms with Crippen LogP contribution in [-0.2, 0) is 4.74 Å². The van der Waals surface area contributed by atoms with Gasteiger partial charge in [-0.25, -0.2) is 0 Å². The van der Waals surface area contributed by atoms with E-state index in [0.29, 0.717) is 6.10 Å². The Bertz CT molecular complexity index is 61.7. The fourth-order valence-electron chi connectivity index (χ4n) is 0.930. The Morgan fingerprint density at radius 1 is 1.40 bits per heavy atom. The maximum absolute atomic E-state index is 5.08. The summed E-state index contributed by atoms with van der Waals surface area (Å²) >= 11 is 0. The standard InChI is InChI=1S/C6H13NO.C2H6/c1-3-7-4-6(5-7)8-2;1-2/h6H,3-5H2,1-2H3;1-2H3. The minimum absolute atomic E-state index is 0.523. The van der Waals surface area contributed by atoms with Crippen molar-refractivity contribution in [2.45, 2.75) is 26.9 Å². The molecule has 2 heteroatoms. The molecule has 0 amide bonds. The molecule has 0 atom stereocenters. The molecule has 1 fully saturated rings. The van der Waals surface area contributed by atoms with Gasteiger partial charge >= 0.3 is 0 Å². The number of hydrogen-bond donors (Lipinski definition) is 0. The summed E-state index contributed by atoms with van der Waals surface area (Å²) in [5, 5.41) is 0. The number of likely N-dealkylation sites (tertiary alicyclic amines) is 1. The first-order valence-electron chi connectivity index (χ1n) is 4.12. The summed E-state index contributed by atoms with van der Waals surface area (Å²) in [6, 6.07) is 0. The molecule has 0 radical (unpaired) electrons. The molecule has 0 aliphatic carbocycles. The first-order chi connectivity index (χ1) is 4.86. The van der Waals surface area contributed by atoms with Crippen LogP contribution in [0.1, 0.15) is 20.8 Å². The third kappa shape index (κ3) is 2.67. The fraction of sp³-hybridized carbons (Fsp3) is 1.00. The van der Waals surface area contributed by atoms with Gasteiger partial charge in [0.1, 0.15) is 0 Å². The van der Waals surface area contributed by atoms with E-state index in [9.17, 15) is 0 Å². The second-order valence-electron chi connectivity index (χ2n) is 2.21. The van der Waals surface area contributed by atoms with Crippen LogP contribution in [0.5, 0.6) is 0 Å². The van der Waals surface area contributed by atoms with E-state index >= 15 is 0 Å². The number of nitrogens with zero attached hydrogens (tertiary/aromatic N) is 1. The smallest absolute Gasteiger partial charge is 0.0824 e. The second kappa shape index (κ2) is 5.69. The maximum atomic E-state index is 5.08. The van der Waals surface area contributed by atoms with E-state index in [4.69, 9.17) is 4.74 Å². The second-order valence-corrected chi connectivity index (χ2v) is 2.21. The van der Waals surface area contributed by atoms with Gasteiger partial charge in [0, 0.05) is 20.2 Å². The van der Waals surface area contributed by atoms with E-state index in [-0.39, 0.29) is 0 Å². The Labute approximate surface area is 64.2 Å². The molecule has 0 aromatic rings. The molecule has 1 heterocycles. The zero-order valence-electron chi connectivity index (χ0n) is 7.55. The number of methoxy groups -OCH3 is 1. The monoisotopic (exact) mass is 145 g/mol. The third-order valence-electron chi connectivity index (χ3n) is 1.70. The molecule has 0 saturated carbocycles. The van der Waals surface area contributed by atoms with Crippen molar-refractivity contribution in [1.82, 2.24) is 4.90 Å².